The lowest BCUT2D eigenvalue weighted by Gasteiger charge is -2.13. The molecule has 0 aromatic heterocycles. The van der Waals surface area contributed by atoms with Gasteiger partial charge in [-0.25, -0.2) is 4.79 Å². The highest BCUT2D eigenvalue weighted by molar-refractivity contribution is 6.46. The first-order valence-electron chi connectivity index (χ1n) is 5.84. The summed E-state index contributed by atoms with van der Waals surface area (Å²) >= 11 is 23.7. The average Bonchev–Trinajstić information content (AvgIpc) is 2.43. The molecule has 1 amide bonds. The number of amides is 1. The minimum absolute atomic E-state index is 0.0605. The fourth-order valence-electron chi connectivity index (χ4n) is 1.96. The summed E-state index contributed by atoms with van der Waals surface area (Å²) in [6.45, 7) is 0. The third-order valence-electron chi connectivity index (χ3n) is 2.82. The zero-order valence-electron chi connectivity index (χ0n) is 10.9. The summed E-state index contributed by atoms with van der Waals surface area (Å²) in [5.41, 5.74) is -0.461. The molecule has 0 fully saturated rings. The average molecular weight is 396 g/mol. The first kappa shape index (κ1) is 17.6. The normalized spacial score (nSPS) is 10.4. The van der Waals surface area contributed by atoms with E-state index in [0.29, 0.717) is 0 Å². The van der Waals surface area contributed by atoms with Crippen molar-refractivity contribution in [3.63, 3.8) is 0 Å². The molecule has 0 aliphatic carbocycles. The van der Waals surface area contributed by atoms with Gasteiger partial charge in [0.05, 0.1) is 26.2 Å². The van der Waals surface area contributed by atoms with Crippen molar-refractivity contribution in [1.82, 2.24) is 0 Å². The molecule has 2 aromatic carbocycles. The summed E-state index contributed by atoms with van der Waals surface area (Å²) in [4.78, 5) is 21.5. The van der Waals surface area contributed by atoms with Crippen LogP contribution in [0.5, 0.6) is 0 Å². The molecule has 2 N–H and O–H groups in total. The van der Waals surface area contributed by atoms with Gasteiger partial charge in [0.2, 0.25) is 0 Å². The number of hydrogen-bond donors (Lipinski definition) is 2. The Morgan fingerprint density at radius 3 is 2.35 bits per heavy atom. The topological polar surface area (TPSA) is 92.5 Å². The van der Waals surface area contributed by atoms with E-state index in [9.17, 15) is 14.9 Å². The summed E-state index contributed by atoms with van der Waals surface area (Å²) in [5, 5.41) is 22.2. The van der Waals surface area contributed by atoms with Gasteiger partial charge in [-0.15, -0.1) is 0 Å². The largest absolute Gasteiger partial charge is 0.465 e. The van der Waals surface area contributed by atoms with Gasteiger partial charge in [0.15, 0.2) is 0 Å². The molecule has 0 radical (unpaired) electrons. The van der Waals surface area contributed by atoms with Crippen molar-refractivity contribution in [3.05, 3.63) is 54.5 Å². The highest BCUT2D eigenvalue weighted by Gasteiger charge is 2.28. The molecule has 2 rings (SSSR count). The van der Waals surface area contributed by atoms with Crippen LogP contribution in [0, 0.1) is 10.1 Å². The molecule has 0 aliphatic heterocycles. The van der Waals surface area contributed by atoms with E-state index >= 15 is 0 Å². The number of halogens is 4. The summed E-state index contributed by atoms with van der Waals surface area (Å²) in [7, 11) is 0. The molecule has 120 valence electrons. The predicted octanol–water partition coefficient (Wildman–Crippen LogP) is 5.97. The Morgan fingerprint density at radius 1 is 1.13 bits per heavy atom. The van der Waals surface area contributed by atoms with E-state index in [1.807, 2.05) is 0 Å². The fraction of sp³-hybridized carbons (Fsp3) is 0. The van der Waals surface area contributed by atoms with Gasteiger partial charge in [0, 0.05) is 10.6 Å². The van der Waals surface area contributed by atoms with Crippen molar-refractivity contribution in [2.45, 2.75) is 0 Å². The van der Waals surface area contributed by atoms with Crippen LogP contribution in [0.2, 0.25) is 20.1 Å². The zero-order chi connectivity index (χ0) is 17.3. The van der Waals surface area contributed by atoms with E-state index in [1.54, 1.807) is 0 Å². The second-order valence-corrected chi connectivity index (χ2v) is 5.88. The Bertz CT molecular complexity index is 826. The number of nitrogens with one attached hydrogen (secondary N) is 1. The molecular formula is C13H6Cl4N2O4. The molecule has 0 saturated carbocycles. The van der Waals surface area contributed by atoms with Crippen molar-refractivity contribution in [3.8, 4) is 11.1 Å². The maximum atomic E-state index is 11.4. The van der Waals surface area contributed by atoms with Crippen LogP contribution in [-0.2, 0) is 0 Å². The monoisotopic (exact) mass is 394 g/mol. The lowest BCUT2D eigenvalue weighted by atomic mass is 10.0. The molecule has 2 aromatic rings. The number of carboxylic acid groups (broad SMARTS) is 1. The van der Waals surface area contributed by atoms with E-state index in [4.69, 9.17) is 51.5 Å². The van der Waals surface area contributed by atoms with Gasteiger partial charge in [-0.3, -0.25) is 15.4 Å². The highest BCUT2D eigenvalue weighted by Crippen LogP contribution is 2.47. The molecular weight excluding hydrogens is 390 g/mol. The Labute approximate surface area is 149 Å². The molecule has 0 unspecified atom stereocenters. The van der Waals surface area contributed by atoms with Gasteiger partial charge in [-0.1, -0.05) is 46.4 Å². The maximum Gasteiger partial charge on any atom is 0.409 e. The second-order valence-electron chi connectivity index (χ2n) is 4.25. The van der Waals surface area contributed by atoms with Crippen LogP contribution in [0.1, 0.15) is 0 Å². The number of carbonyl (C=O) groups is 1. The number of nitrogens with zero attached hydrogens (tertiary/aromatic N) is 1. The molecule has 0 bridgehead atoms. The number of nitro benzene ring substituents is 1. The van der Waals surface area contributed by atoms with Gasteiger partial charge in [-0.2, -0.15) is 0 Å². The molecule has 10 heteroatoms. The number of rotatable bonds is 3. The Hall–Kier alpha value is -1.73. The second kappa shape index (κ2) is 6.80. The van der Waals surface area contributed by atoms with Crippen molar-refractivity contribution in [2.24, 2.45) is 0 Å². The van der Waals surface area contributed by atoms with Crippen LogP contribution in [0.15, 0.2) is 24.3 Å². The van der Waals surface area contributed by atoms with Gasteiger partial charge in [0.1, 0.15) is 5.02 Å². The third-order valence-corrected chi connectivity index (χ3v) is 4.13. The number of hydrogen-bond acceptors (Lipinski definition) is 3. The number of anilines is 1. The summed E-state index contributed by atoms with van der Waals surface area (Å²) in [6.07, 6.45) is -1.35. The Kier molecular flexibility index (Phi) is 5.21. The maximum absolute atomic E-state index is 11.4. The van der Waals surface area contributed by atoms with E-state index < -0.39 is 16.7 Å². The van der Waals surface area contributed by atoms with Crippen molar-refractivity contribution >= 4 is 63.9 Å². The minimum Gasteiger partial charge on any atom is -0.465 e. The third kappa shape index (κ3) is 3.61. The van der Waals surface area contributed by atoms with E-state index in [2.05, 4.69) is 5.32 Å². The van der Waals surface area contributed by atoms with Crippen molar-refractivity contribution < 1.29 is 14.8 Å². The summed E-state index contributed by atoms with van der Waals surface area (Å²) < 4.78 is 0. The molecule has 23 heavy (non-hydrogen) atoms. The quantitative estimate of drug-likeness (QED) is 0.380. The van der Waals surface area contributed by atoms with E-state index in [0.717, 1.165) is 0 Å². The molecule has 6 nitrogen and oxygen atoms in total. The van der Waals surface area contributed by atoms with Gasteiger partial charge >= 0.3 is 6.09 Å². The van der Waals surface area contributed by atoms with Gasteiger partial charge in [-0.05, 0) is 24.3 Å². The lowest BCUT2D eigenvalue weighted by molar-refractivity contribution is -0.384. The fourth-order valence-corrected chi connectivity index (χ4v) is 2.90. The van der Waals surface area contributed by atoms with Gasteiger partial charge in [0.25, 0.3) is 5.69 Å². The number of benzene rings is 2. The van der Waals surface area contributed by atoms with Crippen LogP contribution in [-0.4, -0.2) is 16.1 Å². The van der Waals surface area contributed by atoms with Crippen LogP contribution >= 0.6 is 46.4 Å². The smallest absolute Gasteiger partial charge is 0.409 e. The summed E-state index contributed by atoms with van der Waals surface area (Å²) in [6, 6.07) is 5.35. The number of nitro groups is 1. The van der Waals surface area contributed by atoms with Crippen molar-refractivity contribution in [1.29, 1.82) is 0 Å². The highest BCUT2D eigenvalue weighted by atomic mass is 35.5. The van der Waals surface area contributed by atoms with Gasteiger partial charge < -0.3 is 5.11 Å². The summed E-state index contributed by atoms with van der Waals surface area (Å²) in [5.74, 6) is 0. The van der Waals surface area contributed by atoms with Crippen molar-refractivity contribution in [2.75, 3.05) is 5.32 Å². The standard InChI is InChI=1S/C13H6Cl4N2O4/c14-5-1-2-9(18-13(20)21)6(3-5)10-7(15)4-8(16)11(17)12(10)19(22)23/h1-4,18H,(H,20,21). The van der Waals surface area contributed by atoms with Crippen LogP contribution in [0.3, 0.4) is 0 Å². The molecule has 0 aliphatic rings. The first-order valence-corrected chi connectivity index (χ1v) is 7.35. The van der Waals surface area contributed by atoms with E-state index in [1.165, 1.54) is 24.3 Å². The zero-order valence-corrected chi connectivity index (χ0v) is 14.0. The SMILES string of the molecule is O=C(O)Nc1ccc(Cl)cc1-c1c(Cl)cc(Cl)c(Cl)c1[N+](=O)[O-]. The van der Waals surface area contributed by atoms with E-state index in [-0.39, 0.29) is 36.9 Å². The Balaban J connectivity index is 2.86. The van der Waals surface area contributed by atoms with Crippen LogP contribution < -0.4 is 5.32 Å². The molecule has 0 heterocycles. The minimum atomic E-state index is -1.35. The lowest BCUT2D eigenvalue weighted by Crippen LogP contribution is -2.08. The Morgan fingerprint density at radius 2 is 1.78 bits per heavy atom. The van der Waals surface area contributed by atoms with Crippen LogP contribution in [0.4, 0.5) is 16.2 Å². The first-order chi connectivity index (χ1) is 10.7. The van der Waals surface area contributed by atoms with Crippen LogP contribution in [0.25, 0.3) is 11.1 Å². The molecule has 0 saturated heterocycles. The molecule has 0 atom stereocenters. The predicted molar refractivity (Wildman–Crippen MR) is 90.2 cm³/mol. The molecule has 0 spiro atoms.